The number of likely N-dealkylation sites (N-methyl/N-ethyl adjacent to an activating group) is 1. The number of carbonyl (C=O) groups is 2. The van der Waals surface area contributed by atoms with Gasteiger partial charge in [0.15, 0.2) is 5.78 Å². The smallest absolute Gasteiger partial charge is 0.210 e. The third-order valence-electron chi connectivity index (χ3n) is 4.36. The molecule has 2 aromatic carbocycles. The normalized spacial score (nSPS) is 19.0. The van der Waals surface area contributed by atoms with Crippen LogP contribution in [0.2, 0.25) is 0 Å². The summed E-state index contributed by atoms with van der Waals surface area (Å²) in [4.78, 5) is 32.6. The topological polar surface area (TPSA) is 49.7 Å². The second-order valence-electron chi connectivity index (χ2n) is 5.70. The molecule has 0 aliphatic heterocycles. The number of para-hydroxylation sites is 1. The molecule has 0 saturated heterocycles. The number of ketones is 2. The SMILES string of the molecule is CCN(CC)C1C(=O)c2ccccc2C(=O)C1=Nc1ccccc1. The molecular formula is C20H20N2O2. The predicted molar refractivity (Wildman–Crippen MR) is 95.3 cm³/mol. The van der Waals surface area contributed by atoms with Gasteiger partial charge in [0.25, 0.3) is 0 Å². The fourth-order valence-electron chi connectivity index (χ4n) is 3.11. The van der Waals surface area contributed by atoms with Crippen molar-refractivity contribution in [3.05, 3.63) is 65.7 Å². The lowest BCUT2D eigenvalue weighted by molar-refractivity contribution is 0.0862. The first-order chi connectivity index (χ1) is 11.7. The van der Waals surface area contributed by atoms with Gasteiger partial charge in [0, 0.05) is 11.1 Å². The molecule has 1 aliphatic rings. The van der Waals surface area contributed by atoms with Crippen LogP contribution in [0.3, 0.4) is 0 Å². The van der Waals surface area contributed by atoms with Crippen molar-refractivity contribution in [1.29, 1.82) is 0 Å². The summed E-state index contributed by atoms with van der Waals surface area (Å²) in [6.45, 7) is 5.33. The minimum atomic E-state index is -0.623. The molecule has 0 fully saturated rings. The minimum absolute atomic E-state index is 0.0522. The molecule has 1 aliphatic carbocycles. The number of aliphatic imine (C=N–C) groups is 1. The number of nitrogens with zero attached hydrogens (tertiary/aromatic N) is 2. The molecule has 0 radical (unpaired) electrons. The summed E-state index contributed by atoms with van der Waals surface area (Å²) in [7, 11) is 0. The van der Waals surface area contributed by atoms with E-state index in [2.05, 4.69) is 4.99 Å². The van der Waals surface area contributed by atoms with Gasteiger partial charge in [0.1, 0.15) is 11.8 Å². The Morgan fingerprint density at radius 3 is 2.08 bits per heavy atom. The van der Waals surface area contributed by atoms with E-state index < -0.39 is 6.04 Å². The van der Waals surface area contributed by atoms with E-state index in [0.717, 1.165) is 0 Å². The number of hydrogen-bond donors (Lipinski definition) is 0. The van der Waals surface area contributed by atoms with Gasteiger partial charge in [0.05, 0.1) is 5.69 Å². The molecular weight excluding hydrogens is 300 g/mol. The zero-order chi connectivity index (χ0) is 17.1. The van der Waals surface area contributed by atoms with E-state index in [0.29, 0.717) is 35.6 Å². The lowest BCUT2D eigenvalue weighted by atomic mass is 9.83. The van der Waals surface area contributed by atoms with Gasteiger partial charge in [-0.15, -0.1) is 0 Å². The Balaban J connectivity index is 2.18. The molecule has 0 bridgehead atoms. The van der Waals surface area contributed by atoms with Crippen LogP contribution >= 0.6 is 0 Å². The molecule has 0 amide bonds. The molecule has 1 atom stereocenters. The lowest BCUT2D eigenvalue weighted by Crippen LogP contribution is -2.52. The first kappa shape index (κ1) is 16.3. The van der Waals surface area contributed by atoms with E-state index >= 15 is 0 Å². The van der Waals surface area contributed by atoms with Gasteiger partial charge >= 0.3 is 0 Å². The highest BCUT2D eigenvalue weighted by atomic mass is 16.1. The van der Waals surface area contributed by atoms with E-state index in [1.807, 2.05) is 49.1 Å². The molecule has 0 N–H and O–H groups in total. The van der Waals surface area contributed by atoms with E-state index in [-0.39, 0.29) is 11.6 Å². The average Bonchev–Trinajstić information content (AvgIpc) is 2.63. The van der Waals surface area contributed by atoms with Crippen LogP contribution in [0.25, 0.3) is 0 Å². The number of benzene rings is 2. The Hall–Kier alpha value is -2.59. The van der Waals surface area contributed by atoms with Crippen LogP contribution in [0, 0.1) is 0 Å². The molecule has 122 valence electrons. The van der Waals surface area contributed by atoms with Crippen LogP contribution in [-0.2, 0) is 0 Å². The van der Waals surface area contributed by atoms with Crippen molar-refractivity contribution >= 4 is 23.0 Å². The summed E-state index contributed by atoms with van der Waals surface area (Å²) in [5.41, 5.74) is 1.94. The number of fused-ring (bicyclic) bond motifs is 1. The van der Waals surface area contributed by atoms with Gasteiger partial charge < -0.3 is 0 Å². The molecule has 0 heterocycles. The highest BCUT2D eigenvalue weighted by molar-refractivity contribution is 6.55. The fraction of sp³-hybridized carbons (Fsp3) is 0.250. The van der Waals surface area contributed by atoms with Crippen LogP contribution in [0.4, 0.5) is 5.69 Å². The van der Waals surface area contributed by atoms with E-state index in [1.165, 1.54) is 0 Å². The predicted octanol–water partition coefficient (Wildman–Crippen LogP) is 3.55. The molecule has 24 heavy (non-hydrogen) atoms. The van der Waals surface area contributed by atoms with Crippen molar-refractivity contribution in [1.82, 2.24) is 4.90 Å². The lowest BCUT2D eigenvalue weighted by Gasteiger charge is -2.32. The van der Waals surface area contributed by atoms with Crippen molar-refractivity contribution in [2.75, 3.05) is 13.1 Å². The Kier molecular flexibility index (Phi) is 4.67. The number of Topliss-reactive ketones (excluding diaryl/α,β-unsaturated/α-hetero) is 2. The molecule has 4 heteroatoms. The molecule has 3 rings (SSSR count). The molecule has 2 aromatic rings. The van der Waals surface area contributed by atoms with Crippen molar-refractivity contribution in [3.63, 3.8) is 0 Å². The van der Waals surface area contributed by atoms with Crippen LogP contribution in [0.1, 0.15) is 34.6 Å². The second-order valence-corrected chi connectivity index (χ2v) is 5.70. The maximum atomic E-state index is 13.0. The standard InChI is InChI=1S/C20H20N2O2/c1-3-22(4-2)18-17(21-14-10-6-5-7-11-14)19(23)15-12-8-9-13-16(15)20(18)24/h5-13,18H,3-4H2,1-2H3. The first-order valence-corrected chi connectivity index (χ1v) is 8.23. The van der Waals surface area contributed by atoms with Gasteiger partial charge in [-0.05, 0) is 25.2 Å². The fourth-order valence-corrected chi connectivity index (χ4v) is 3.11. The van der Waals surface area contributed by atoms with Gasteiger partial charge in [-0.1, -0.05) is 56.3 Å². The van der Waals surface area contributed by atoms with Crippen molar-refractivity contribution < 1.29 is 9.59 Å². The summed E-state index contributed by atoms with van der Waals surface area (Å²) < 4.78 is 0. The first-order valence-electron chi connectivity index (χ1n) is 8.23. The van der Waals surface area contributed by atoms with Gasteiger partial charge in [-0.2, -0.15) is 0 Å². The Morgan fingerprint density at radius 1 is 0.875 bits per heavy atom. The number of carbonyl (C=O) groups excluding carboxylic acids is 2. The Morgan fingerprint density at radius 2 is 1.46 bits per heavy atom. The third kappa shape index (κ3) is 2.81. The summed E-state index contributed by atoms with van der Waals surface area (Å²) in [6.07, 6.45) is 0. The zero-order valence-corrected chi connectivity index (χ0v) is 13.9. The van der Waals surface area contributed by atoms with Gasteiger partial charge in [0.2, 0.25) is 5.78 Å². The van der Waals surface area contributed by atoms with E-state index in [1.54, 1.807) is 24.3 Å². The highest BCUT2D eigenvalue weighted by Gasteiger charge is 2.40. The summed E-state index contributed by atoms with van der Waals surface area (Å²) in [5, 5.41) is 0. The summed E-state index contributed by atoms with van der Waals surface area (Å²) in [5.74, 6) is -0.213. The molecule has 1 unspecified atom stereocenters. The zero-order valence-electron chi connectivity index (χ0n) is 13.9. The second kappa shape index (κ2) is 6.89. The molecule has 0 aromatic heterocycles. The largest absolute Gasteiger partial charge is 0.292 e. The maximum Gasteiger partial charge on any atom is 0.210 e. The van der Waals surface area contributed by atoms with Gasteiger partial charge in [-0.3, -0.25) is 14.5 Å². The van der Waals surface area contributed by atoms with Crippen LogP contribution in [0.15, 0.2) is 59.6 Å². The molecule has 0 spiro atoms. The van der Waals surface area contributed by atoms with Crippen LogP contribution in [0.5, 0.6) is 0 Å². The quantitative estimate of drug-likeness (QED) is 0.865. The van der Waals surface area contributed by atoms with Crippen LogP contribution in [-0.4, -0.2) is 41.3 Å². The number of rotatable bonds is 4. The summed E-state index contributed by atoms with van der Waals surface area (Å²) in [6, 6.07) is 15.7. The highest BCUT2D eigenvalue weighted by Crippen LogP contribution is 2.25. The summed E-state index contributed by atoms with van der Waals surface area (Å²) >= 11 is 0. The molecule has 0 saturated carbocycles. The minimum Gasteiger partial charge on any atom is -0.292 e. The van der Waals surface area contributed by atoms with E-state index in [9.17, 15) is 9.59 Å². The van der Waals surface area contributed by atoms with Crippen LogP contribution < -0.4 is 0 Å². The number of hydrogen-bond acceptors (Lipinski definition) is 4. The van der Waals surface area contributed by atoms with E-state index in [4.69, 9.17) is 0 Å². The molecule has 4 nitrogen and oxygen atoms in total. The third-order valence-corrected chi connectivity index (χ3v) is 4.36. The Bertz CT molecular complexity index is 792. The maximum absolute atomic E-state index is 13.0. The van der Waals surface area contributed by atoms with Crippen molar-refractivity contribution in [2.45, 2.75) is 19.9 Å². The average molecular weight is 320 g/mol. The van der Waals surface area contributed by atoms with Crippen molar-refractivity contribution in [2.24, 2.45) is 4.99 Å². The van der Waals surface area contributed by atoms with Crippen molar-refractivity contribution in [3.8, 4) is 0 Å². The monoisotopic (exact) mass is 320 g/mol. The Labute approximate surface area is 141 Å². The van der Waals surface area contributed by atoms with Gasteiger partial charge in [-0.25, -0.2) is 4.99 Å².